The van der Waals surface area contributed by atoms with E-state index in [2.05, 4.69) is 10.0 Å². The Labute approximate surface area is 180 Å². The van der Waals surface area contributed by atoms with Crippen molar-refractivity contribution in [3.8, 4) is 17.2 Å². The summed E-state index contributed by atoms with van der Waals surface area (Å²) in [6, 6.07) is 14.1. The highest BCUT2D eigenvalue weighted by molar-refractivity contribution is 7.92. The first-order chi connectivity index (χ1) is 14.7. The largest absolute Gasteiger partial charge is 0.486 e. The van der Waals surface area contributed by atoms with Crippen LogP contribution in [0.25, 0.3) is 5.69 Å². The van der Waals surface area contributed by atoms with Crippen LogP contribution >= 0.6 is 0 Å². The summed E-state index contributed by atoms with van der Waals surface area (Å²) in [5.74, 6) is 1.04. The number of amides is 1. The Kier molecular flexibility index (Phi) is 5.36. The van der Waals surface area contributed by atoms with Crippen LogP contribution in [0.4, 0.5) is 11.4 Å². The Morgan fingerprint density at radius 2 is 1.65 bits per heavy atom. The Bertz CT molecular complexity index is 1260. The number of aromatic nitrogens is 1. The average Bonchev–Trinajstić information content (AvgIpc) is 3.02. The van der Waals surface area contributed by atoms with Crippen LogP contribution in [0.15, 0.2) is 48.5 Å². The summed E-state index contributed by atoms with van der Waals surface area (Å²) in [4.78, 5) is 13.0. The molecule has 1 aliphatic rings. The number of hydrogen-bond donors (Lipinski definition) is 2. The fraction of sp³-hybridized carbons (Fsp3) is 0.227. The molecule has 31 heavy (non-hydrogen) atoms. The minimum Gasteiger partial charge on any atom is -0.486 e. The highest BCUT2D eigenvalue weighted by Gasteiger charge is 2.20. The summed E-state index contributed by atoms with van der Waals surface area (Å²) >= 11 is 0. The molecule has 0 saturated carbocycles. The SMILES string of the molecule is Cc1cc(C(=O)Nc2ccccc2NS(C)(=O)=O)c(C)n1-c1ccc2c(c1)OCCO2. The second-order valence-electron chi connectivity index (χ2n) is 7.32. The normalized spacial score (nSPS) is 13.0. The van der Waals surface area contributed by atoms with Gasteiger partial charge in [-0.2, -0.15) is 0 Å². The van der Waals surface area contributed by atoms with E-state index in [9.17, 15) is 13.2 Å². The molecule has 8 nitrogen and oxygen atoms in total. The molecule has 2 N–H and O–H groups in total. The zero-order chi connectivity index (χ0) is 22.2. The fourth-order valence-electron chi connectivity index (χ4n) is 3.63. The third-order valence-electron chi connectivity index (χ3n) is 4.93. The smallest absolute Gasteiger partial charge is 0.257 e. The van der Waals surface area contributed by atoms with Gasteiger partial charge in [0.25, 0.3) is 5.91 Å². The second kappa shape index (κ2) is 7.99. The van der Waals surface area contributed by atoms with Crippen molar-refractivity contribution in [1.29, 1.82) is 0 Å². The number of aryl methyl sites for hydroxylation is 1. The highest BCUT2D eigenvalue weighted by Crippen LogP contribution is 2.33. The molecule has 9 heteroatoms. The maximum atomic E-state index is 13.0. The van der Waals surface area contributed by atoms with Gasteiger partial charge in [0.05, 0.1) is 23.2 Å². The zero-order valence-corrected chi connectivity index (χ0v) is 18.2. The van der Waals surface area contributed by atoms with Gasteiger partial charge in [-0.1, -0.05) is 12.1 Å². The van der Waals surface area contributed by atoms with Gasteiger partial charge in [0, 0.05) is 23.1 Å². The predicted molar refractivity (Wildman–Crippen MR) is 119 cm³/mol. The van der Waals surface area contributed by atoms with Crippen molar-refractivity contribution in [3.63, 3.8) is 0 Å². The molecule has 0 unspecified atom stereocenters. The van der Waals surface area contributed by atoms with Crippen molar-refractivity contribution in [2.45, 2.75) is 13.8 Å². The standard InChI is InChI=1S/C22H23N3O5S/c1-14-12-17(22(26)23-18-6-4-5-7-19(18)24-31(3,27)28)15(2)25(14)16-8-9-20-21(13-16)30-11-10-29-20/h4-9,12-13,24H,10-11H2,1-3H3,(H,23,26). The number of nitrogens with one attached hydrogen (secondary N) is 2. The Morgan fingerprint density at radius 3 is 2.35 bits per heavy atom. The van der Waals surface area contributed by atoms with E-state index in [1.807, 2.05) is 36.6 Å². The summed E-state index contributed by atoms with van der Waals surface area (Å²) in [5.41, 5.74) is 3.65. The number of anilines is 2. The molecule has 0 aliphatic carbocycles. The van der Waals surface area contributed by atoms with Crippen LogP contribution in [0, 0.1) is 13.8 Å². The van der Waals surface area contributed by atoms with Crippen LogP contribution in [0.1, 0.15) is 21.7 Å². The molecule has 0 radical (unpaired) electrons. The topological polar surface area (TPSA) is 98.7 Å². The summed E-state index contributed by atoms with van der Waals surface area (Å²) in [6.07, 6.45) is 1.06. The lowest BCUT2D eigenvalue weighted by molar-refractivity contribution is 0.102. The molecule has 2 heterocycles. The van der Waals surface area contributed by atoms with Gasteiger partial charge in [-0.15, -0.1) is 0 Å². The van der Waals surface area contributed by atoms with Crippen LogP contribution in [0.3, 0.4) is 0 Å². The van der Waals surface area contributed by atoms with E-state index >= 15 is 0 Å². The lowest BCUT2D eigenvalue weighted by atomic mass is 10.2. The van der Waals surface area contributed by atoms with Crippen molar-refractivity contribution in [2.75, 3.05) is 29.5 Å². The van der Waals surface area contributed by atoms with Crippen LogP contribution in [0.5, 0.6) is 11.5 Å². The number of sulfonamides is 1. The van der Waals surface area contributed by atoms with Crippen LogP contribution in [0.2, 0.25) is 0 Å². The van der Waals surface area contributed by atoms with Crippen molar-refractivity contribution < 1.29 is 22.7 Å². The number of hydrogen-bond acceptors (Lipinski definition) is 5. The second-order valence-corrected chi connectivity index (χ2v) is 9.07. The van der Waals surface area contributed by atoms with E-state index in [0.717, 1.165) is 23.3 Å². The van der Waals surface area contributed by atoms with Crippen LogP contribution in [-0.2, 0) is 10.0 Å². The van der Waals surface area contributed by atoms with Gasteiger partial charge in [-0.3, -0.25) is 9.52 Å². The van der Waals surface area contributed by atoms with Gasteiger partial charge in [-0.25, -0.2) is 8.42 Å². The number of benzene rings is 2. The molecular weight excluding hydrogens is 418 g/mol. The Hall–Kier alpha value is -3.46. The maximum absolute atomic E-state index is 13.0. The molecule has 162 valence electrons. The lowest BCUT2D eigenvalue weighted by Gasteiger charge is -2.20. The number of nitrogens with zero attached hydrogens (tertiary/aromatic N) is 1. The summed E-state index contributed by atoms with van der Waals surface area (Å²) in [5, 5.41) is 2.81. The van der Waals surface area contributed by atoms with Gasteiger partial charge in [0.1, 0.15) is 13.2 Å². The predicted octanol–water partition coefficient (Wildman–Crippen LogP) is 3.49. The first-order valence-electron chi connectivity index (χ1n) is 9.70. The van der Waals surface area contributed by atoms with Crippen molar-refractivity contribution in [2.24, 2.45) is 0 Å². The molecular formula is C22H23N3O5S. The lowest BCUT2D eigenvalue weighted by Crippen LogP contribution is -2.17. The molecule has 4 rings (SSSR count). The quantitative estimate of drug-likeness (QED) is 0.632. The molecule has 0 atom stereocenters. The van der Waals surface area contributed by atoms with Gasteiger partial charge in [0.2, 0.25) is 10.0 Å². The maximum Gasteiger partial charge on any atom is 0.257 e. The summed E-state index contributed by atoms with van der Waals surface area (Å²) in [7, 11) is -3.48. The van der Waals surface area contributed by atoms with E-state index in [-0.39, 0.29) is 5.91 Å². The molecule has 1 aliphatic heterocycles. The molecule has 1 aromatic heterocycles. The average molecular weight is 442 g/mol. The fourth-order valence-corrected chi connectivity index (χ4v) is 4.21. The third-order valence-corrected chi connectivity index (χ3v) is 5.52. The minimum absolute atomic E-state index is 0.305. The third kappa shape index (κ3) is 4.36. The first-order valence-corrected chi connectivity index (χ1v) is 11.6. The van der Waals surface area contributed by atoms with Gasteiger partial charge >= 0.3 is 0 Å². The number of fused-ring (bicyclic) bond motifs is 1. The minimum atomic E-state index is -3.48. The molecule has 0 spiro atoms. The van der Waals surface area contributed by atoms with Crippen molar-refractivity contribution >= 4 is 27.3 Å². The van der Waals surface area contributed by atoms with Crippen molar-refractivity contribution in [1.82, 2.24) is 4.57 Å². The van der Waals surface area contributed by atoms with Crippen molar-refractivity contribution in [3.05, 3.63) is 65.5 Å². The Morgan fingerprint density at radius 1 is 0.968 bits per heavy atom. The number of para-hydroxylation sites is 2. The van der Waals surface area contributed by atoms with E-state index in [1.54, 1.807) is 30.3 Å². The molecule has 0 saturated heterocycles. The molecule has 3 aromatic rings. The number of ether oxygens (including phenoxy) is 2. The number of carbonyl (C=O) groups is 1. The van der Waals surface area contributed by atoms with Gasteiger partial charge in [-0.05, 0) is 44.2 Å². The zero-order valence-electron chi connectivity index (χ0n) is 17.4. The number of carbonyl (C=O) groups excluding carboxylic acids is 1. The molecule has 2 aromatic carbocycles. The van der Waals surface area contributed by atoms with Gasteiger partial charge < -0.3 is 19.4 Å². The molecule has 0 bridgehead atoms. The molecule has 1 amide bonds. The highest BCUT2D eigenvalue weighted by atomic mass is 32.2. The van der Waals surface area contributed by atoms with E-state index in [1.165, 1.54) is 0 Å². The molecule has 0 fully saturated rings. The Balaban J connectivity index is 1.65. The number of rotatable bonds is 5. The summed E-state index contributed by atoms with van der Waals surface area (Å²) < 4.78 is 38.9. The first kappa shape index (κ1) is 20.8. The summed E-state index contributed by atoms with van der Waals surface area (Å²) in [6.45, 7) is 4.79. The van der Waals surface area contributed by atoms with Crippen LogP contribution < -0.4 is 19.5 Å². The van der Waals surface area contributed by atoms with Crippen LogP contribution in [-0.4, -0.2) is 38.4 Å². The van der Waals surface area contributed by atoms with E-state index in [0.29, 0.717) is 41.7 Å². The van der Waals surface area contributed by atoms with E-state index in [4.69, 9.17) is 9.47 Å². The van der Waals surface area contributed by atoms with E-state index < -0.39 is 10.0 Å². The van der Waals surface area contributed by atoms with Gasteiger partial charge in [0.15, 0.2) is 11.5 Å². The monoisotopic (exact) mass is 441 g/mol.